The van der Waals surface area contributed by atoms with Gasteiger partial charge in [0.1, 0.15) is 0 Å². The van der Waals surface area contributed by atoms with Crippen molar-refractivity contribution in [2.75, 3.05) is 0 Å². The van der Waals surface area contributed by atoms with E-state index in [9.17, 15) is 5.11 Å². The molecule has 2 rings (SSSR count). The molecule has 15 heavy (non-hydrogen) atoms. The summed E-state index contributed by atoms with van der Waals surface area (Å²) in [4.78, 5) is 0. The van der Waals surface area contributed by atoms with E-state index in [4.69, 9.17) is 0 Å². The van der Waals surface area contributed by atoms with Gasteiger partial charge in [-0.2, -0.15) is 0 Å². The molecule has 0 bridgehead atoms. The fourth-order valence-electron chi connectivity index (χ4n) is 3.48. The molecule has 0 aromatic carbocycles. The van der Waals surface area contributed by atoms with Gasteiger partial charge in [0.25, 0.3) is 0 Å². The van der Waals surface area contributed by atoms with Crippen LogP contribution in [0.5, 0.6) is 0 Å². The lowest BCUT2D eigenvalue weighted by Crippen LogP contribution is -2.47. The first-order valence-electron chi connectivity index (χ1n) is 6.81. The quantitative estimate of drug-likeness (QED) is 0.752. The number of rotatable bonds is 3. The van der Waals surface area contributed by atoms with Crippen LogP contribution in [0.25, 0.3) is 0 Å². The summed E-state index contributed by atoms with van der Waals surface area (Å²) >= 11 is 0. The van der Waals surface area contributed by atoms with Gasteiger partial charge in [-0.15, -0.1) is 0 Å². The zero-order valence-corrected chi connectivity index (χ0v) is 10.3. The Morgan fingerprint density at radius 3 is 2.27 bits per heavy atom. The first kappa shape index (κ1) is 11.4. The Kier molecular flexibility index (Phi) is 3.39. The zero-order chi connectivity index (χ0) is 10.9. The second kappa shape index (κ2) is 4.45. The van der Waals surface area contributed by atoms with Gasteiger partial charge in [0, 0.05) is 0 Å². The molecular formula is C14H26O. The normalized spacial score (nSPS) is 38.0. The largest absolute Gasteiger partial charge is 0.390 e. The summed E-state index contributed by atoms with van der Waals surface area (Å²) in [6.07, 6.45) is 10.2. The van der Waals surface area contributed by atoms with Crippen molar-refractivity contribution in [2.45, 2.75) is 70.8 Å². The molecule has 0 saturated heterocycles. The van der Waals surface area contributed by atoms with Gasteiger partial charge in [-0.1, -0.05) is 46.0 Å². The second-order valence-electron chi connectivity index (χ2n) is 6.34. The van der Waals surface area contributed by atoms with Gasteiger partial charge >= 0.3 is 0 Å². The van der Waals surface area contributed by atoms with Gasteiger partial charge in [0.05, 0.1) is 5.60 Å². The summed E-state index contributed by atoms with van der Waals surface area (Å²) in [5.74, 6) is 2.38. The average molecular weight is 210 g/mol. The van der Waals surface area contributed by atoms with Crippen molar-refractivity contribution in [3.8, 4) is 0 Å². The summed E-state index contributed by atoms with van der Waals surface area (Å²) in [5.41, 5.74) is -0.267. The number of hydrogen-bond donors (Lipinski definition) is 1. The van der Waals surface area contributed by atoms with Crippen LogP contribution in [0.1, 0.15) is 65.2 Å². The van der Waals surface area contributed by atoms with Crippen molar-refractivity contribution >= 4 is 0 Å². The maximum absolute atomic E-state index is 10.4. The monoisotopic (exact) mass is 210 g/mol. The fraction of sp³-hybridized carbons (Fsp3) is 1.00. The highest BCUT2D eigenvalue weighted by Gasteiger charge is 2.44. The van der Waals surface area contributed by atoms with Crippen molar-refractivity contribution in [1.29, 1.82) is 0 Å². The predicted molar refractivity (Wildman–Crippen MR) is 63.7 cm³/mol. The van der Waals surface area contributed by atoms with Crippen LogP contribution in [0, 0.1) is 17.8 Å². The standard InChI is InChI=1S/C14H26O/c1-11(2)13-9-14(15,10-13)8-12-6-4-3-5-7-12/h11-13,15H,3-10H2,1-2H3. The lowest BCUT2D eigenvalue weighted by atomic mass is 9.62. The Bertz CT molecular complexity index is 197. The first-order valence-corrected chi connectivity index (χ1v) is 6.81. The summed E-state index contributed by atoms with van der Waals surface area (Å²) in [7, 11) is 0. The molecule has 0 heterocycles. The van der Waals surface area contributed by atoms with Crippen molar-refractivity contribution < 1.29 is 5.11 Å². The first-order chi connectivity index (χ1) is 7.09. The smallest absolute Gasteiger partial charge is 0.0656 e. The maximum Gasteiger partial charge on any atom is 0.0656 e. The molecule has 1 nitrogen and oxygen atoms in total. The summed E-state index contributed by atoms with van der Waals surface area (Å²) < 4.78 is 0. The van der Waals surface area contributed by atoms with Crippen LogP contribution in [-0.2, 0) is 0 Å². The minimum atomic E-state index is -0.267. The van der Waals surface area contributed by atoms with E-state index in [-0.39, 0.29) is 5.60 Å². The van der Waals surface area contributed by atoms with Crippen LogP contribution in [0.2, 0.25) is 0 Å². The van der Waals surface area contributed by atoms with E-state index in [1.165, 1.54) is 32.1 Å². The molecule has 0 aromatic rings. The van der Waals surface area contributed by atoms with Crippen LogP contribution in [-0.4, -0.2) is 10.7 Å². The topological polar surface area (TPSA) is 20.2 Å². The minimum Gasteiger partial charge on any atom is -0.390 e. The predicted octanol–water partition coefficient (Wildman–Crippen LogP) is 3.75. The van der Waals surface area contributed by atoms with Gasteiger partial charge in [0.2, 0.25) is 0 Å². The number of aliphatic hydroxyl groups is 1. The highest BCUT2D eigenvalue weighted by Crippen LogP contribution is 2.47. The van der Waals surface area contributed by atoms with Gasteiger partial charge in [-0.3, -0.25) is 0 Å². The fourth-order valence-corrected chi connectivity index (χ4v) is 3.48. The van der Waals surface area contributed by atoms with Crippen LogP contribution >= 0.6 is 0 Å². The van der Waals surface area contributed by atoms with E-state index in [2.05, 4.69) is 13.8 Å². The maximum atomic E-state index is 10.4. The molecule has 0 atom stereocenters. The lowest BCUT2D eigenvalue weighted by molar-refractivity contribution is -0.104. The Hall–Kier alpha value is -0.0400. The molecule has 2 aliphatic rings. The SMILES string of the molecule is CC(C)C1CC(O)(CC2CCCCC2)C1. The van der Waals surface area contributed by atoms with Crippen molar-refractivity contribution in [2.24, 2.45) is 17.8 Å². The molecule has 88 valence electrons. The Morgan fingerprint density at radius 2 is 1.73 bits per heavy atom. The Morgan fingerprint density at radius 1 is 1.13 bits per heavy atom. The number of hydrogen-bond acceptors (Lipinski definition) is 1. The molecule has 0 radical (unpaired) electrons. The van der Waals surface area contributed by atoms with Gasteiger partial charge < -0.3 is 5.11 Å². The molecule has 2 saturated carbocycles. The van der Waals surface area contributed by atoms with E-state index in [0.717, 1.165) is 37.0 Å². The van der Waals surface area contributed by atoms with E-state index >= 15 is 0 Å². The molecule has 2 aliphatic carbocycles. The molecule has 0 spiro atoms. The molecule has 1 heteroatoms. The van der Waals surface area contributed by atoms with E-state index in [0.29, 0.717) is 0 Å². The lowest BCUT2D eigenvalue weighted by Gasteiger charge is -2.47. The van der Waals surface area contributed by atoms with E-state index < -0.39 is 0 Å². The van der Waals surface area contributed by atoms with Crippen LogP contribution < -0.4 is 0 Å². The van der Waals surface area contributed by atoms with Gasteiger partial charge in [-0.25, -0.2) is 0 Å². The van der Waals surface area contributed by atoms with E-state index in [1.807, 2.05) is 0 Å². The van der Waals surface area contributed by atoms with Crippen molar-refractivity contribution in [3.63, 3.8) is 0 Å². The summed E-state index contributed by atoms with van der Waals surface area (Å²) in [6, 6.07) is 0. The van der Waals surface area contributed by atoms with Crippen LogP contribution in [0.15, 0.2) is 0 Å². The van der Waals surface area contributed by atoms with E-state index in [1.54, 1.807) is 0 Å². The zero-order valence-electron chi connectivity index (χ0n) is 10.3. The van der Waals surface area contributed by atoms with Crippen LogP contribution in [0.4, 0.5) is 0 Å². The van der Waals surface area contributed by atoms with Crippen molar-refractivity contribution in [1.82, 2.24) is 0 Å². The third kappa shape index (κ3) is 2.75. The van der Waals surface area contributed by atoms with Gasteiger partial charge in [0.15, 0.2) is 0 Å². The minimum absolute atomic E-state index is 0.267. The molecule has 0 aliphatic heterocycles. The molecule has 2 fully saturated rings. The average Bonchev–Trinajstić information content (AvgIpc) is 2.15. The molecular weight excluding hydrogens is 184 g/mol. The third-order valence-electron chi connectivity index (χ3n) is 4.62. The summed E-state index contributed by atoms with van der Waals surface area (Å²) in [6.45, 7) is 4.57. The highest BCUT2D eigenvalue weighted by atomic mass is 16.3. The summed E-state index contributed by atoms with van der Waals surface area (Å²) in [5, 5.41) is 10.4. The third-order valence-corrected chi connectivity index (χ3v) is 4.62. The molecule has 0 amide bonds. The molecule has 0 unspecified atom stereocenters. The van der Waals surface area contributed by atoms with Crippen molar-refractivity contribution in [3.05, 3.63) is 0 Å². The second-order valence-corrected chi connectivity index (χ2v) is 6.34. The Labute approximate surface area is 94.3 Å². The Balaban J connectivity index is 1.75. The highest BCUT2D eigenvalue weighted by molar-refractivity contribution is 4.96. The van der Waals surface area contributed by atoms with Crippen LogP contribution in [0.3, 0.4) is 0 Å². The van der Waals surface area contributed by atoms with Gasteiger partial charge in [-0.05, 0) is 37.0 Å². The molecule has 1 N–H and O–H groups in total. The molecule has 0 aromatic heterocycles.